The third-order valence-electron chi connectivity index (χ3n) is 4.66. The lowest BCUT2D eigenvalue weighted by atomic mass is 9.84. The number of fused-ring (bicyclic) bond motifs is 3. The van der Waals surface area contributed by atoms with Crippen molar-refractivity contribution in [2.75, 3.05) is 5.73 Å². The van der Waals surface area contributed by atoms with E-state index >= 15 is 0 Å². The van der Waals surface area contributed by atoms with E-state index < -0.39 is 17.5 Å². The van der Waals surface area contributed by atoms with Gasteiger partial charge in [0.1, 0.15) is 5.71 Å². The fourth-order valence-corrected chi connectivity index (χ4v) is 3.48. The van der Waals surface area contributed by atoms with E-state index in [1.54, 1.807) is 12.1 Å². The molecular formula is C18H18F3N5. The number of hydrogen-bond donors (Lipinski definition) is 4. The molecule has 0 saturated heterocycles. The van der Waals surface area contributed by atoms with E-state index in [1.807, 2.05) is 0 Å². The summed E-state index contributed by atoms with van der Waals surface area (Å²) in [4.78, 5) is 4.40. The van der Waals surface area contributed by atoms with Crippen molar-refractivity contribution in [3.63, 3.8) is 0 Å². The fraction of sp³-hybridized carbons (Fsp3) is 0.278. The molecule has 3 rings (SSSR count). The highest BCUT2D eigenvalue weighted by Crippen LogP contribution is 2.37. The van der Waals surface area contributed by atoms with Crippen molar-refractivity contribution in [1.82, 2.24) is 4.98 Å². The zero-order valence-corrected chi connectivity index (χ0v) is 13.9. The van der Waals surface area contributed by atoms with Gasteiger partial charge < -0.3 is 16.9 Å². The zero-order chi connectivity index (χ0) is 19.1. The SMILES string of the molecule is N=Cc1c(N)ccc2nc(/C(=C/N)C(=N)C(F)(F)F)c3c(c12)CCCC3. The van der Waals surface area contributed by atoms with Gasteiger partial charge in [-0.3, -0.25) is 5.41 Å². The average Bonchev–Trinajstić information content (AvgIpc) is 2.61. The minimum atomic E-state index is -4.81. The van der Waals surface area contributed by atoms with Gasteiger partial charge in [0.2, 0.25) is 0 Å². The van der Waals surface area contributed by atoms with Crippen molar-refractivity contribution in [3.05, 3.63) is 40.7 Å². The van der Waals surface area contributed by atoms with Crippen LogP contribution >= 0.6 is 0 Å². The first-order valence-corrected chi connectivity index (χ1v) is 8.12. The Labute approximate surface area is 147 Å². The number of nitrogens with zero attached hydrogens (tertiary/aromatic N) is 1. The second kappa shape index (κ2) is 6.44. The lowest BCUT2D eigenvalue weighted by Crippen LogP contribution is -2.25. The Morgan fingerprint density at radius 3 is 2.38 bits per heavy atom. The number of anilines is 1. The number of benzene rings is 1. The number of hydrogen-bond acceptors (Lipinski definition) is 5. The molecule has 6 N–H and O–H groups in total. The molecule has 0 fully saturated rings. The number of allylic oxidation sites excluding steroid dienone is 1. The number of pyridine rings is 1. The number of aryl methyl sites for hydroxylation is 1. The van der Waals surface area contributed by atoms with Crippen LogP contribution in [0.15, 0.2) is 18.3 Å². The number of alkyl halides is 3. The van der Waals surface area contributed by atoms with Gasteiger partial charge in [0.25, 0.3) is 0 Å². The first-order valence-electron chi connectivity index (χ1n) is 8.12. The number of rotatable bonds is 3. The molecule has 0 bridgehead atoms. The third kappa shape index (κ3) is 2.81. The van der Waals surface area contributed by atoms with Gasteiger partial charge in [0, 0.05) is 34.6 Å². The smallest absolute Gasteiger partial charge is 0.404 e. The molecule has 5 nitrogen and oxygen atoms in total. The van der Waals surface area contributed by atoms with Crippen molar-refractivity contribution < 1.29 is 13.2 Å². The topological polar surface area (TPSA) is 113 Å². The van der Waals surface area contributed by atoms with Crippen LogP contribution < -0.4 is 11.5 Å². The van der Waals surface area contributed by atoms with Crippen molar-refractivity contribution in [1.29, 1.82) is 10.8 Å². The summed E-state index contributed by atoms with van der Waals surface area (Å²) in [6.45, 7) is 0. The molecule has 8 heteroatoms. The first kappa shape index (κ1) is 17.9. The van der Waals surface area contributed by atoms with E-state index in [0.717, 1.165) is 30.8 Å². The van der Waals surface area contributed by atoms with Crippen LogP contribution in [0.2, 0.25) is 0 Å². The molecule has 0 amide bonds. The second-order valence-electron chi connectivity index (χ2n) is 6.18. The molecule has 1 aromatic heterocycles. The van der Waals surface area contributed by atoms with Crippen molar-refractivity contribution in [2.45, 2.75) is 31.9 Å². The maximum atomic E-state index is 13.1. The molecule has 1 heterocycles. The largest absolute Gasteiger partial charge is 0.433 e. The number of nitrogens with two attached hydrogens (primary N) is 2. The summed E-state index contributed by atoms with van der Waals surface area (Å²) < 4.78 is 39.3. The van der Waals surface area contributed by atoms with Gasteiger partial charge >= 0.3 is 6.18 Å². The Balaban J connectivity index is 2.37. The first-order chi connectivity index (χ1) is 12.3. The second-order valence-corrected chi connectivity index (χ2v) is 6.18. The highest BCUT2D eigenvalue weighted by atomic mass is 19.4. The van der Waals surface area contributed by atoms with E-state index in [4.69, 9.17) is 22.3 Å². The highest BCUT2D eigenvalue weighted by molar-refractivity contribution is 6.25. The summed E-state index contributed by atoms with van der Waals surface area (Å²) >= 11 is 0. The minimum Gasteiger partial charge on any atom is -0.404 e. The van der Waals surface area contributed by atoms with E-state index in [9.17, 15) is 13.2 Å². The van der Waals surface area contributed by atoms with E-state index in [-0.39, 0.29) is 5.69 Å². The van der Waals surface area contributed by atoms with Crippen LogP contribution in [0.5, 0.6) is 0 Å². The normalized spacial score (nSPS) is 15.0. The molecule has 0 unspecified atom stereocenters. The molecule has 0 radical (unpaired) electrons. The van der Waals surface area contributed by atoms with Gasteiger partial charge in [-0.1, -0.05) is 0 Å². The van der Waals surface area contributed by atoms with E-state index in [1.165, 1.54) is 0 Å². The molecular weight excluding hydrogens is 343 g/mol. The molecule has 2 aromatic rings. The van der Waals surface area contributed by atoms with Crippen LogP contribution in [-0.4, -0.2) is 23.1 Å². The molecule has 0 saturated carbocycles. The summed E-state index contributed by atoms with van der Waals surface area (Å²) in [5.74, 6) is 0. The monoisotopic (exact) mass is 361 g/mol. The lowest BCUT2D eigenvalue weighted by Gasteiger charge is -2.24. The van der Waals surface area contributed by atoms with Gasteiger partial charge in [-0.05, 0) is 48.9 Å². The molecule has 0 atom stereocenters. The predicted molar refractivity (Wildman–Crippen MR) is 96.6 cm³/mol. The number of aromatic nitrogens is 1. The number of nitrogen functional groups attached to an aromatic ring is 1. The van der Waals surface area contributed by atoms with Crippen molar-refractivity contribution in [3.8, 4) is 0 Å². The zero-order valence-electron chi connectivity index (χ0n) is 13.9. The van der Waals surface area contributed by atoms with Crippen LogP contribution in [0.3, 0.4) is 0 Å². The highest BCUT2D eigenvalue weighted by Gasteiger charge is 2.38. The molecule has 136 valence electrons. The number of nitrogens with one attached hydrogen (secondary N) is 2. The Hall–Kier alpha value is -2.90. The maximum Gasteiger partial charge on any atom is 0.433 e. The van der Waals surface area contributed by atoms with Crippen molar-refractivity contribution in [2.24, 2.45) is 5.73 Å². The Morgan fingerprint density at radius 1 is 1.15 bits per heavy atom. The van der Waals surface area contributed by atoms with Gasteiger partial charge in [0.15, 0.2) is 0 Å². The minimum absolute atomic E-state index is 0.0951. The average molecular weight is 361 g/mol. The van der Waals surface area contributed by atoms with Crippen LogP contribution in [0.25, 0.3) is 16.5 Å². The summed E-state index contributed by atoms with van der Waals surface area (Å²) in [6.07, 6.45) is 0.0254. The summed E-state index contributed by atoms with van der Waals surface area (Å²) in [5, 5.41) is 15.9. The number of halogens is 3. The van der Waals surface area contributed by atoms with E-state index in [2.05, 4.69) is 4.98 Å². The summed E-state index contributed by atoms with van der Waals surface area (Å²) in [7, 11) is 0. The quantitative estimate of drug-likeness (QED) is 0.495. The maximum absolute atomic E-state index is 13.1. The molecule has 0 spiro atoms. The Bertz CT molecular complexity index is 944. The van der Waals surface area contributed by atoms with Crippen LogP contribution in [0.1, 0.15) is 35.2 Å². The Morgan fingerprint density at radius 2 is 1.81 bits per heavy atom. The third-order valence-corrected chi connectivity index (χ3v) is 4.66. The predicted octanol–water partition coefficient (Wildman–Crippen LogP) is 3.58. The summed E-state index contributed by atoms with van der Waals surface area (Å²) in [6, 6.07) is 3.21. The molecule has 26 heavy (non-hydrogen) atoms. The van der Waals surface area contributed by atoms with Crippen LogP contribution in [0.4, 0.5) is 18.9 Å². The van der Waals surface area contributed by atoms with Gasteiger partial charge in [-0.15, -0.1) is 0 Å². The lowest BCUT2D eigenvalue weighted by molar-refractivity contribution is -0.0578. The Kier molecular flexibility index (Phi) is 4.43. The van der Waals surface area contributed by atoms with Crippen LogP contribution in [-0.2, 0) is 12.8 Å². The molecule has 0 aliphatic heterocycles. The standard InChI is InChI=1S/C18H18F3N5/c19-18(20,21)17(25)12(8-23)16-10-4-2-1-3-9(10)15-11(7-22)13(24)5-6-14(15)26-16/h5-8,22,25H,1-4,23-24H2/b12-8-,22-7?,25-17?. The fourth-order valence-electron chi connectivity index (χ4n) is 3.48. The van der Waals surface area contributed by atoms with Gasteiger partial charge in [0.05, 0.1) is 11.2 Å². The molecule has 1 aliphatic carbocycles. The van der Waals surface area contributed by atoms with Gasteiger partial charge in [-0.2, -0.15) is 13.2 Å². The molecule has 1 aliphatic rings. The van der Waals surface area contributed by atoms with E-state index in [0.29, 0.717) is 40.6 Å². The summed E-state index contributed by atoms with van der Waals surface area (Å²) in [5.41, 5.74) is 12.5. The van der Waals surface area contributed by atoms with Crippen LogP contribution in [0, 0.1) is 10.8 Å². The van der Waals surface area contributed by atoms with Gasteiger partial charge in [-0.25, -0.2) is 4.98 Å². The molecule has 1 aromatic carbocycles. The van der Waals surface area contributed by atoms with Crippen molar-refractivity contribution >= 4 is 34.1 Å².